The standard InChI is InChI=1S/C10H9N5O2S/c11-5-8-3-1-2-4-9(8)18(16,17)14-6-10-12-7-13-15-10/h1-4,7,14H,6H2,(H,12,13,15). The predicted molar refractivity (Wildman–Crippen MR) is 61.6 cm³/mol. The zero-order valence-corrected chi connectivity index (χ0v) is 9.98. The Morgan fingerprint density at radius 3 is 2.83 bits per heavy atom. The van der Waals surface area contributed by atoms with Crippen molar-refractivity contribution in [3.8, 4) is 6.07 Å². The molecule has 0 bridgehead atoms. The number of H-pyrrole nitrogens is 1. The van der Waals surface area contributed by atoms with E-state index in [-0.39, 0.29) is 17.0 Å². The molecule has 2 rings (SSSR count). The number of hydrogen-bond acceptors (Lipinski definition) is 5. The second-order valence-corrected chi connectivity index (χ2v) is 5.10. The van der Waals surface area contributed by atoms with E-state index in [1.807, 2.05) is 6.07 Å². The van der Waals surface area contributed by atoms with Crippen LogP contribution in [0.15, 0.2) is 35.5 Å². The van der Waals surface area contributed by atoms with Gasteiger partial charge in [0, 0.05) is 0 Å². The largest absolute Gasteiger partial charge is 0.262 e. The highest BCUT2D eigenvalue weighted by atomic mass is 32.2. The number of nitrogens with one attached hydrogen (secondary N) is 2. The van der Waals surface area contributed by atoms with Crippen molar-refractivity contribution in [3.63, 3.8) is 0 Å². The highest BCUT2D eigenvalue weighted by Crippen LogP contribution is 2.14. The maximum atomic E-state index is 12.0. The average molecular weight is 263 g/mol. The van der Waals surface area contributed by atoms with Crippen molar-refractivity contribution < 1.29 is 8.42 Å². The number of benzene rings is 1. The summed E-state index contributed by atoms with van der Waals surface area (Å²) in [5, 5.41) is 15.0. The molecule has 0 atom stereocenters. The lowest BCUT2D eigenvalue weighted by Crippen LogP contribution is -2.24. The third-order valence-electron chi connectivity index (χ3n) is 2.19. The molecule has 0 amide bonds. The van der Waals surface area contributed by atoms with Gasteiger partial charge in [-0.2, -0.15) is 10.4 Å². The van der Waals surface area contributed by atoms with Crippen molar-refractivity contribution in [1.29, 1.82) is 5.26 Å². The van der Waals surface area contributed by atoms with Crippen LogP contribution < -0.4 is 4.72 Å². The molecule has 1 aromatic carbocycles. The second-order valence-electron chi connectivity index (χ2n) is 3.36. The Morgan fingerprint density at radius 2 is 2.17 bits per heavy atom. The molecule has 92 valence electrons. The zero-order chi connectivity index (χ0) is 13.0. The highest BCUT2D eigenvalue weighted by Gasteiger charge is 2.18. The molecule has 0 fully saturated rings. The van der Waals surface area contributed by atoms with Crippen LogP contribution in [0.1, 0.15) is 11.4 Å². The normalized spacial score (nSPS) is 11.1. The molecule has 8 heteroatoms. The van der Waals surface area contributed by atoms with Gasteiger partial charge in [0.05, 0.1) is 17.0 Å². The molecule has 2 N–H and O–H groups in total. The van der Waals surface area contributed by atoms with Crippen LogP contribution in [0.3, 0.4) is 0 Å². The van der Waals surface area contributed by atoms with Gasteiger partial charge in [-0.1, -0.05) is 12.1 Å². The van der Waals surface area contributed by atoms with Crippen molar-refractivity contribution in [1.82, 2.24) is 19.9 Å². The second kappa shape index (κ2) is 4.95. The van der Waals surface area contributed by atoms with Gasteiger partial charge in [0.15, 0.2) is 0 Å². The van der Waals surface area contributed by atoms with Gasteiger partial charge >= 0.3 is 0 Å². The van der Waals surface area contributed by atoms with Crippen molar-refractivity contribution in [2.24, 2.45) is 0 Å². The Balaban J connectivity index is 2.23. The van der Waals surface area contributed by atoms with Gasteiger partial charge in [-0.25, -0.2) is 18.1 Å². The molecule has 0 saturated carbocycles. The Hall–Kier alpha value is -2.24. The van der Waals surface area contributed by atoms with Gasteiger partial charge in [-0.3, -0.25) is 5.10 Å². The van der Waals surface area contributed by atoms with Gasteiger partial charge < -0.3 is 0 Å². The van der Waals surface area contributed by atoms with Crippen molar-refractivity contribution >= 4 is 10.0 Å². The Labute approximate surface area is 104 Å². The summed E-state index contributed by atoms with van der Waals surface area (Å²) < 4.78 is 26.3. The van der Waals surface area contributed by atoms with Crippen LogP contribution in [0, 0.1) is 11.3 Å². The minimum Gasteiger partial charge on any atom is -0.262 e. The summed E-state index contributed by atoms with van der Waals surface area (Å²) in [7, 11) is -3.74. The molecule has 0 aliphatic heterocycles. The molecule has 18 heavy (non-hydrogen) atoms. The van der Waals surface area contributed by atoms with E-state index in [2.05, 4.69) is 19.9 Å². The van der Waals surface area contributed by atoms with E-state index in [9.17, 15) is 8.42 Å². The number of nitriles is 1. The fraction of sp³-hybridized carbons (Fsp3) is 0.100. The van der Waals surface area contributed by atoms with Crippen LogP contribution in [-0.4, -0.2) is 23.6 Å². The lowest BCUT2D eigenvalue weighted by atomic mass is 10.2. The summed E-state index contributed by atoms with van der Waals surface area (Å²) in [5.41, 5.74) is 0.0996. The van der Waals surface area contributed by atoms with E-state index >= 15 is 0 Å². The number of sulfonamides is 1. The van der Waals surface area contributed by atoms with E-state index in [0.29, 0.717) is 5.82 Å². The number of aromatic amines is 1. The van der Waals surface area contributed by atoms with Crippen LogP contribution in [0.4, 0.5) is 0 Å². The summed E-state index contributed by atoms with van der Waals surface area (Å²) in [5.74, 6) is 0.396. The van der Waals surface area contributed by atoms with Crippen LogP contribution in [0.5, 0.6) is 0 Å². The highest BCUT2D eigenvalue weighted by molar-refractivity contribution is 7.89. The van der Waals surface area contributed by atoms with Gasteiger partial charge in [0.25, 0.3) is 0 Å². The van der Waals surface area contributed by atoms with E-state index < -0.39 is 10.0 Å². The SMILES string of the molecule is N#Cc1ccccc1S(=O)(=O)NCc1ncn[nH]1. The monoisotopic (exact) mass is 263 g/mol. The summed E-state index contributed by atoms with van der Waals surface area (Å²) in [6.45, 7) is -0.0118. The predicted octanol–water partition coefficient (Wildman–Crippen LogP) is 0.155. The Kier molecular flexibility index (Phi) is 3.36. The lowest BCUT2D eigenvalue weighted by molar-refractivity contribution is 0.579. The number of nitrogens with zero attached hydrogens (tertiary/aromatic N) is 3. The van der Waals surface area contributed by atoms with Gasteiger partial charge in [0.1, 0.15) is 18.2 Å². The molecular formula is C10H9N5O2S. The maximum Gasteiger partial charge on any atom is 0.242 e. The van der Waals surface area contributed by atoms with Gasteiger partial charge in [-0.15, -0.1) is 0 Å². The maximum absolute atomic E-state index is 12.0. The van der Waals surface area contributed by atoms with Gasteiger partial charge in [0.2, 0.25) is 10.0 Å². The van der Waals surface area contributed by atoms with Crippen molar-refractivity contribution in [3.05, 3.63) is 42.0 Å². The van der Waals surface area contributed by atoms with Crippen molar-refractivity contribution in [2.45, 2.75) is 11.4 Å². The number of hydrogen-bond donors (Lipinski definition) is 2. The molecule has 2 aromatic rings. The first-order valence-corrected chi connectivity index (χ1v) is 6.45. The van der Waals surface area contributed by atoms with Crippen molar-refractivity contribution in [2.75, 3.05) is 0 Å². The average Bonchev–Trinajstić information content (AvgIpc) is 2.89. The third-order valence-corrected chi connectivity index (χ3v) is 3.65. The number of rotatable bonds is 4. The minimum atomic E-state index is -3.74. The number of aromatic nitrogens is 3. The quantitative estimate of drug-likeness (QED) is 0.815. The smallest absolute Gasteiger partial charge is 0.242 e. The van der Waals surface area contributed by atoms with E-state index in [1.165, 1.54) is 18.5 Å². The molecule has 0 unspecified atom stereocenters. The molecule has 0 aliphatic rings. The fourth-order valence-corrected chi connectivity index (χ4v) is 2.49. The van der Waals surface area contributed by atoms with Crippen LogP contribution >= 0.6 is 0 Å². The van der Waals surface area contributed by atoms with Crippen LogP contribution in [0.2, 0.25) is 0 Å². The molecular weight excluding hydrogens is 254 g/mol. The first-order chi connectivity index (χ1) is 8.63. The first-order valence-electron chi connectivity index (χ1n) is 4.96. The van der Waals surface area contributed by atoms with Crippen LogP contribution in [0.25, 0.3) is 0 Å². The summed E-state index contributed by atoms with van der Waals surface area (Å²) in [6, 6.07) is 7.83. The van der Waals surface area contributed by atoms with E-state index in [1.54, 1.807) is 12.1 Å². The molecule has 0 radical (unpaired) electrons. The third kappa shape index (κ3) is 2.53. The fourth-order valence-electron chi connectivity index (χ4n) is 1.35. The molecule has 0 aliphatic carbocycles. The molecule has 1 aromatic heterocycles. The summed E-state index contributed by atoms with van der Waals surface area (Å²) in [6.07, 6.45) is 1.28. The van der Waals surface area contributed by atoms with E-state index in [0.717, 1.165) is 0 Å². The molecule has 0 spiro atoms. The Morgan fingerprint density at radius 1 is 1.39 bits per heavy atom. The zero-order valence-electron chi connectivity index (χ0n) is 9.16. The lowest BCUT2D eigenvalue weighted by Gasteiger charge is -2.06. The summed E-state index contributed by atoms with van der Waals surface area (Å²) >= 11 is 0. The van der Waals surface area contributed by atoms with Crippen LogP contribution in [-0.2, 0) is 16.6 Å². The summed E-state index contributed by atoms with van der Waals surface area (Å²) in [4.78, 5) is 3.75. The van der Waals surface area contributed by atoms with E-state index in [4.69, 9.17) is 5.26 Å². The molecule has 0 saturated heterocycles. The van der Waals surface area contributed by atoms with Gasteiger partial charge in [-0.05, 0) is 12.1 Å². The Bertz CT molecular complexity index is 673. The molecule has 7 nitrogen and oxygen atoms in total. The first kappa shape index (κ1) is 12.2. The minimum absolute atomic E-state index is 0.0118. The topological polar surface area (TPSA) is 112 Å². The molecule has 1 heterocycles.